The standard InChI is InChI=1S/C16H14Cl2O2/c1-10-3-4-12(7-11(10)2)16(19)9-20-13-5-6-14(17)15(18)8-13/h3-8H,9H2,1-2H3. The van der Waals surface area contributed by atoms with Crippen LogP contribution in [-0.2, 0) is 0 Å². The molecule has 0 saturated carbocycles. The molecular weight excluding hydrogens is 295 g/mol. The van der Waals surface area contributed by atoms with Crippen molar-refractivity contribution >= 4 is 29.0 Å². The zero-order valence-electron chi connectivity index (χ0n) is 11.2. The molecule has 0 aliphatic carbocycles. The fraction of sp³-hybridized carbons (Fsp3) is 0.188. The third-order valence-electron chi connectivity index (χ3n) is 3.09. The summed E-state index contributed by atoms with van der Waals surface area (Å²) in [5.74, 6) is 0.454. The minimum Gasteiger partial charge on any atom is -0.485 e. The number of carbonyl (C=O) groups excluding carboxylic acids is 1. The van der Waals surface area contributed by atoms with Gasteiger partial charge in [0.1, 0.15) is 5.75 Å². The van der Waals surface area contributed by atoms with E-state index in [-0.39, 0.29) is 12.4 Å². The van der Waals surface area contributed by atoms with Crippen LogP contribution < -0.4 is 4.74 Å². The first-order valence-corrected chi connectivity index (χ1v) is 6.91. The predicted molar refractivity (Wildman–Crippen MR) is 82.2 cm³/mol. The van der Waals surface area contributed by atoms with E-state index in [1.54, 1.807) is 18.2 Å². The number of benzene rings is 2. The number of aryl methyl sites for hydroxylation is 2. The van der Waals surface area contributed by atoms with Crippen LogP contribution in [0.5, 0.6) is 5.75 Å². The zero-order valence-corrected chi connectivity index (χ0v) is 12.8. The zero-order chi connectivity index (χ0) is 14.7. The van der Waals surface area contributed by atoms with Crippen LogP contribution in [-0.4, -0.2) is 12.4 Å². The average Bonchev–Trinajstić information content (AvgIpc) is 2.43. The molecule has 20 heavy (non-hydrogen) atoms. The van der Waals surface area contributed by atoms with Gasteiger partial charge < -0.3 is 4.74 Å². The lowest BCUT2D eigenvalue weighted by Gasteiger charge is -2.08. The summed E-state index contributed by atoms with van der Waals surface area (Å²) in [5, 5.41) is 0.863. The van der Waals surface area contributed by atoms with Crippen molar-refractivity contribution in [3.05, 3.63) is 63.1 Å². The molecule has 2 rings (SSSR count). The van der Waals surface area contributed by atoms with E-state index in [2.05, 4.69) is 0 Å². The predicted octanol–water partition coefficient (Wildman–Crippen LogP) is 4.87. The van der Waals surface area contributed by atoms with Gasteiger partial charge in [-0.1, -0.05) is 35.3 Å². The maximum absolute atomic E-state index is 12.0. The Kier molecular flexibility index (Phi) is 4.69. The molecule has 0 amide bonds. The van der Waals surface area contributed by atoms with E-state index in [1.165, 1.54) is 0 Å². The lowest BCUT2D eigenvalue weighted by molar-refractivity contribution is 0.0921. The van der Waals surface area contributed by atoms with Crippen LogP contribution in [0.4, 0.5) is 0 Å². The van der Waals surface area contributed by atoms with E-state index >= 15 is 0 Å². The molecule has 0 unspecified atom stereocenters. The molecule has 0 aromatic heterocycles. The molecule has 0 saturated heterocycles. The number of ketones is 1. The number of hydrogen-bond donors (Lipinski definition) is 0. The number of ether oxygens (including phenoxy) is 1. The lowest BCUT2D eigenvalue weighted by atomic mass is 10.0. The smallest absolute Gasteiger partial charge is 0.200 e. The first kappa shape index (κ1) is 14.9. The van der Waals surface area contributed by atoms with Gasteiger partial charge in [-0.2, -0.15) is 0 Å². The van der Waals surface area contributed by atoms with E-state index in [0.717, 1.165) is 11.1 Å². The molecule has 2 aromatic rings. The van der Waals surface area contributed by atoms with Crippen LogP contribution in [0.2, 0.25) is 10.0 Å². The van der Waals surface area contributed by atoms with Gasteiger partial charge >= 0.3 is 0 Å². The summed E-state index contributed by atoms with van der Waals surface area (Å²) in [6.07, 6.45) is 0. The second kappa shape index (κ2) is 6.29. The molecular formula is C16H14Cl2O2. The van der Waals surface area contributed by atoms with Crippen molar-refractivity contribution in [1.29, 1.82) is 0 Å². The first-order valence-electron chi connectivity index (χ1n) is 6.15. The average molecular weight is 309 g/mol. The number of rotatable bonds is 4. The summed E-state index contributed by atoms with van der Waals surface area (Å²) in [6.45, 7) is 3.96. The van der Waals surface area contributed by atoms with Crippen molar-refractivity contribution in [2.45, 2.75) is 13.8 Å². The number of hydrogen-bond acceptors (Lipinski definition) is 2. The van der Waals surface area contributed by atoms with Crippen LogP contribution in [0.25, 0.3) is 0 Å². The summed E-state index contributed by atoms with van der Waals surface area (Å²) < 4.78 is 5.44. The van der Waals surface area contributed by atoms with Gasteiger partial charge in [-0.05, 0) is 43.2 Å². The Labute approximate surface area is 128 Å². The van der Waals surface area contributed by atoms with Gasteiger partial charge in [0, 0.05) is 11.6 Å². The largest absolute Gasteiger partial charge is 0.485 e. The maximum atomic E-state index is 12.0. The molecule has 2 nitrogen and oxygen atoms in total. The summed E-state index contributed by atoms with van der Waals surface area (Å²) >= 11 is 11.7. The molecule has 0 atom stereocenters. The Morgan fingerprint density at radius 2 is 1.75 bits per heavy atom. The van der Waals surface area contributed by atoms with Gasteiger partial charge in [0.25, 0.3) is 0 Å². The summed E-state index contributed by atoms with van der Waals surface area (Å²) in [5.41, 5.74) is 2.89. The van der Waals surface area contributed by atoms with E-state index in [0.29, 0.717) is 21.4 Å². The van der Waals surface area contributed by atoms with Crippen LogP contribution in [0, 0.1) is 13.8 Å². The highest BCUT2D eigenvalue weighted by molar-refractivity contribution is 6.42. The lowest BCUT2D eigenvalue weighted by Crippen LogP contribution is -2.11. The Bertz CT molecular complexity index is 651. The Hall–Kier alpha value is -1.51. The van der Waals surface area contributed by atoms with Crippen LogP contribution in [0.15, 0.2) is 36.4 Å². The molecule has 0 heterocycles. The van der Waals surface area contributed by atoms with Crippen LogP contribution in [0.1, 0.15) is 21.5 Å². The summed E-state index contributed by atoms with van der Waals surface area (Å²) in [4.78, 5) is 12.0. The van der Waals surface area contributed by atoms with Crippen molar-refractivity contribution in [2.75, 3.05) is 6.61 Å². The SMILES string of the molecule is Cc1ccc(C(=O)COc2ccc(Cl)c(Cl)c2)cc1C. The minimum absolute atomic E-state index is 0.0273. The fourth-order valence-corrected chi connectivity index (χ4v) is 2.00. The monoisotopic (exact) mass is 308 g/mol. The van der Waals surface area contributed by atoms with Crippen molar-refractivity contribution in [1.82, 2.24) is 0 Å². The van der Waals surface area contributed by atoms with E-state index in [4.69, 9.17) is 27.9 Å². The van der Waals surface area contributed by atoms with Crippen LogP contribution >= 0.6 is 23.2 Å². The molecule has 4 heteroatoms. The molecule has 0 fully saturated rings. The van der Waals surface area contributed by atoms with Crippen molar-refractivity contribution < 1.29 is 9.53 Å². The quantitative estimate of drug-likeness (QED) is 0.753. The highest BCUT2D eigenvalue weighted by Gasteiger charge is 2.08. The second-order valence-corrected chi connectivity index (χ2v) is 5.40. The highest BCUT2D eigenvalue weighted by atomic mass is 35.5. The first-order chi connectivity index (χ1) is 9.47. The van der Waals surface area contributed by atoms with Gasteiger partial charge in [-0.3, -0.25) is 4.79 Å². The van der Waals surface area contributed by atoms with E-state index < -0.39 is 0 Å². The van der Waals surface area contributed by atoms with E-state index in [1.807, 2.05) is 32.0 Å². The second-order valence-electron chi connectivity index (χ2n) is 4.59. The van der Waals surface area contributed by atoms with Crippen molar-refractivity contribution in [3.63, 3.8) is 0 Å². The number of halogens is 2. The van der Waals surface area contributed by atoms with Gasteiger partial charge in [0.2, 0.25) is 0 Å². The fourth-order valence-electron chi connectivity index (χ4n) is 1.71. The Balaban J connectivity index is 2.04. The third-order valence-corrected chi connectivity index (χ3v) is 3.83. The summed E-state index contributed by atoms with van der Waals surface area (Å²) in [6, 6.07) is 10.5. The topological polar surface area (TPSA) is 26.3 Å². The van der Waals surface area contributed by atoms with Crippen molar-refractivity contribution in [2.24, 2.45) is 0 Å². The molecule has 2 aromatic carbocycles. The molecule has 0 radical (unpaired) electrons. The van der Waals surface area contributed by atoms with E-state index in [9.17, 15) is 4.79 Å². The molecule has 0 N–H and O–H groups in total. The van der Waals surface area contributed by atoms with Gasteiger partial charge in [0.05, 0.1) is 10.0 Å². The van der Waals surface area contributed by atoms with Gasteiger partial charge in [-0.15, -0.1) is 0 Å². The summed E-state index contributed by atoms with van der Waals surface area (Å²) in [7, 11) is 0. The molecule has 0 bridgehead atoms. The third kappa shape index (κ3) is 3.53. The molecule has 0 spiro atoms. The van der Waals surface area contributed by atoms with Crippen LogP contribution in [0.3, 0.4) is 0 Å². The Morgan fingerprint density at radius 1 is 1.00 bits per heavy atom. The number of Topliss-reactive ketones (excluding diaryl/α,β-unsaturated/α-hetero) is 1. The highest BCUT2D eigenvalue weighted by Crippen LogP contribution is 2.26. The Morgan fingerprint density at radius 3 is 2.40 bits per heavy atom. The maximum Gasteiger partial charge on any atom is 0.200 e. The van der Waals surface area contributed by atoms with Gasteiger partial charge in [0.15, 0.2) is 12.4 Å². The van der Waals surface area contributed by atoms with Gasteiger partial charge in [-0.25, -0.2) is 0 Å². The molecule has 0 aliphatic heterocycles. The number of carbonyl (C=O) groups is 1. The molecule has 104 valence electrons. The molecule has 0 aliphatic rings. The minimum atomic E-state index is -0.0702. The van der Waals surface area contributed by atoms with Crippen molar-refractivity contribution in [3.8, 4) is 5.75 Å². The normalized spacial score (nSPS) is 10.4.